The molecule has 1 fully saturated rings. The second-order valence-corrected chi connectivity index (χ2v) is 8.03. The molecule has 2 heterocycles. The van der Waals surface area contributed by atoms with E-state index in [9.17, 15) is 4.79 Å². The quantitative estimate of drug-likeness (QED) is 0.703. The summed E-state index contributed by atoms with van der Waals surface area (Å²) in [7, 11) is 1.80. The van der Waals surface area contributed by atoms with Gasteiger partial charge in [0.25, 0.3) is 5.91 Å². The Morgan fingerprint density at radius 3 is 2.67 bits per heavy atom. The van der Waals surface area contributed by atoms with E-state index in [0.717, 1.165) is 36.0 Å². The van der Waals surface area contributed by atoms with Crippen LogP contribution in [0.15, 0.2) is 54.6 Å². The summed E-state index contributed by atoms with van der Waals surface area (Å²) in [5.41, 5.74) is 3.74. The van der Waals surface area contributed by atoms with E-state index in [1.165, 1.54) is 5.56 Å². The van der Waals surface area contributed by atoms with E-state index in [-0.39, 0.29) is 11.5 Å². The van der Waals surface area contributed by atoms with Gasteiger partial charge >= 0.3 is 0 Å². The topological polar surface area (TPSA) is 45.3 Å². The first kappa shape index (κ1) is 17.8. The molecule has 4 nitrogen and oxygen atoms in total. The number of para-hydroxylation sites is 1. The van der Waals surface area contributed by atoms with Crippen LogP contribution in [0.5, 0.6) is 0 Å². The third-order valence-corrected chi connectivity index (χ3v) is 5.49. The number of carbonyl (C=O) groups is 1. The molecule has 1 unspecified atom stereocenters. The van der Waals surface area contributed by atoms with Crippen LogP contribution in [0, 0.1) is 0 Å². The van der Waals surface area contributed by atoms with Crippen molar-refractivity contribution in [3.63, 3.8) is 0 Å². The second kappa shape index (κ2) is 6.86. The number of H-pyrrole nitrogens is 1. The molecule has 1 N–H and O–H groups in total. The minimum absolute atomic E-state index is 0.0360. The van der Waals surface area contributed by atoms with E-state index in [0.29, 0.717) is 11.6 Å². The van der Waals surface area contributed by atoms with Gasteiger partial charge in [-0.25, -0.2) is 0 Å². The molecule has 1 atom stereocenters. The minimum atomic E-state index is -0.0739. The van der Waals surface area contributed by atoms with Crippen LogP contribution in [-0.4, -0.2) is 30.1 Å². The van der Waals surface area contributed by atoms with Crippen LogP contribution in [0.25, 0.3) is 10.9 Å². The van der Waals surface area contributed by atoms with Crippen molar-refractivity contribution in [3.8, 4) is 0 Å². The Hall–Kier alpha value is -2.59. The van der Waals surface area contributed by atoms with E-state index in [4.69, 9.17) is 4.74 Å². The van der Waals surface area contributed by atoms with E-state index in [1.54, 1.807) is 11.9 Å². The van der Waals surface area contributed by atoms with E-state index in [2.05, 4.69) is 37.0 Å². The average molecular weight is 362 g/mol. The van der Waals surface area contributed by atoms with Gasteiger partial charge in [-0.3, -0.25) is 4.79 Å². The lowest BCUT2D eigenvalue weighted by atomic mass is 9.83. The number of carbonyl (C=O) groups excluding carboxylic acids is 1. The predicted molar refractivity (Wildman–Crippen MR) is 109 cm³/mol. The highest BCUT2D eigenvalue weighted by Gasteiger charge is 2.29. The van der Waals surface area contributed by atoms with Gasteiger partial charge in [0.1, 0.15) is 5.69 Å². The summed E-state index contributed by atoms with van der Waals surface area (Å²) < 4.78 is 5.85. The summed E-state index contributed by atoms with van der Waals surface area (Å²) >= 11 is 0. The fourth-order valence-corrected chi connectivity index (χ4v) is 3.99. The molecule has 0 radical (unpaired) electrons. The number of anilines is 1. The second-order valence-electron chi connectivity index (χ2n) is 8.03. The molecule has 1 aliphatic heterocycles. The largest absolute Gasteiger partial charge is 0.376 e. The summed E-state index contributed by atoms with van der Waals surface area (Å²) in [5.74, 6) is 0.463. The van der Waals surface area contributed by atoms with Crippen LogP contribution in [0.4, 0.5) is 5.69 Å². The Bertz CT molecular complexity index is 959. The fourth-order valence-electron chi connectivity index (χ4n) is 3.99. The van der Waals surface area contributed by atoms with Gasteiger partial charge in [0, 0.05) is 30.2 Å². The molecule has 0 bridgehead atoms. The summed E-state index contributed by atoms with van der Waals surface area (Å²) in [6, 6.07) is 18.1. The van der Waals surface area contributed by atoms with Crippen molar-refractivity contribution in [1.29, 1.82) is 0 Å². The molecule has 140 valence electrons. The number of aromatic amines is 1. The number of rotatable bonds is 3. The maximum absolute atomic E-state index is 12.9. The van der Waals surface area contributed by atoms with Crippen LogP contribution >= 0.6 is 0 Å². The van der Waals surface area contributed by atoms with Gasteiger partial charge in [0.2, 0.25) is 0 Å². The lowest BCUT2D eigenvalue weighted by Crippen LogP contribution is -2.32. The fraction of sp³-hybridized carbons (Fsp3) is 0.348. The number of fused-ring (bicyclic) bond motifs is 1. The first-order valence-electron chi connectivity index (χ1n) is 9.53. The highest BCUT2D eigenvalue weighted by atomic mass is 16.5. The normalized spacial score (nSPS) is 19.1. The van der Waals surface area contributed by atoms with Crippen molar-refractivity contribution in [2.75, 3.05) is 18.6 Å². The molecule has 0 aliphatic carbocycles. The lowest BCUT2D eigenvalue weighted by Gasteiger charge is -2.35. The zero-order valence-electron chi connectivity index (χ0n) is 16.2. The van der Waals surface area contributed by atoms with Gasteiger partial charge in [0.05, 0.1) is 5.60 Å². The highest BCUT2D eigenvalue weighted by Crippen LogP contribution is 2.36. The standard InChI is InChI=1S/C23H26N2O2/c1-23(2)15-17(11-12-27-23)16-9-10-20-18(13-16)14-21(24-20)22(26)25(3)19-7-5-4-6-8-19/h4-10,13-14,17,24H,11-12,15H2,1-3H3. The van der Waals surface area contributed by atoms with Gasteiger partial charge < -0.3 is 14.6 Å². The molecule has 4 heteroatoms. The minimum Gasteiger partial charge on any atom is -0.376 e. The van der Waals surface area contributed by atoms with Gasteiger partial charge in [-0.2, -0.15) is 0 Å². The molecular formula is C23H26N2O2. The van der Waals surface area contributed by atoms with Crippen LogP contribution in [-0.2, 0) is 4.74 Å². The van der Waals surface area contributed by atoms with Gasteiger partial charge in [0.15, 0.2) is 0 Å². The molecule has 2 aromatic carbocycles. The third-order valence-electron chi connectivity index (χ3n) is 5.49. The van der Waals surface area contributed by atoms with Crippen molar-refractivity contribution < 1.29 is 9.53 Å². The predicted octanol–water partition coefficient (Wildman–Crippen LogP) is 5.12. The Labute approximate surface area is 160 Å². The van der Waals surface area contributed by atoms with Crippen LogP contribution in [0.3, 0.4) is 0 Å². The van der Waals surface area contributed by atoms with Gasteiger partial charge in [-0.05, 0) is 68.5 Å². The number of amides is 1. The smallest absolute Gasteiger partial charge is 0.274 e. The Morgan fingerprint density at radius 1 is 1.15 bits per heavy atom. The number of ether oxygens (including phenoxy) is 1. The molecular weight excluding hydrogens is 336 g/mol. The van der Waals surface area contributed by atoms with Crippen molar-refractivity contribution in [3.05, 3.63) is 65.9 Å². The van der Waals surface area contributed by atoms with Gasteiger partial charge in [-0.1, -0.05) is 24.3 Å². The summed E-state index contributed by atoms with van der Waals surface area (Å²) in [4.78, 5) is 17.8. The highest BCUT2D eigenvalue weighted by molar-refractivity contribution is 6.07. The van der Waals surface area contributed by atoms with Crippen molar-refractivity contribution >= 4 is 22.5 Å². The first-order valence-corrected chi connectivity index (χ1v) is 9.53. The van der Waals surface area contributed by atoms with Crippen LogP contribution in [0.2, 0.25) is 0 Å². The zero-order valence-corrected chi connectivity index (χ0v) is 16.2. The number of hydrogen-bond acceptors (Lipinski definition) is 2. The van der Waals surface area contributed by atoms with E-state index < -0.39 is 0 Å². The third kappa shape index (κ3) is 3.62. The summed E-state index contributed by atoms with van der Waals surface area (Å²) in [6.45, 7) is 5.11. The van der Waals surface area contributed by atoms with E-state index >= 15 is 0 Å². The number of aromatic nitrogens is 1. The maximum atomic E-state index is 12.9. The molecule has 0 spiro atoms. The number of benzene rings is 2. The molecule has 1 amide bonds. The molecule has 1 aliphatic rings. The Balaban J connectivity index is 1.60. The molecule has 1 aromatic heterocycles. The average Bonchev–Trinajstić information content (AvgIpc) is 3.10. The Kier molecular flexibility index (Phi) is 4.52. The van der Waals surface area contributed by atoms with Crippen molar-refractivity contribution in [2.24, 2.45) is 0 Å². The SMILES string of the molecule is CN(C(=O)c1cc2cc(C3CCOC(C)(C)C3)ccc2[nH]1)c1ccccc1. The zero-order chi connectivity index (χ0) is 19.0. The number of hydrogen-bond donors (Lipinski definition) is 1. The molecule has 27 heavy (non-hydrogen) atoms. The molecule has 3 aromatic rings. The molecule has 0 saturated carbocycles. The van der Waals surface area contributed by atoms with E-state index in [1.807, 2.05) is 36.4 Å². The van der Waals surface area contributed by atoms with Crippen molar-refractivity contribution in [1.82, 2.24) is 4.98 Å². The molecule has 1 saturated heterocycles. The summed E-state index contributed by atoms with van der Waals surface area (Å²) in [5, 5.41) is 1.08. The lowest BCUT2D eigenvalue weighted by molar-refractivity contribution is -0.0592. The molecule has 4 rings (SSSR count). The Morgan fingerprint density at radius 2 is 1.93 bits per heavy atom. The monoisotopic (exact) mass is 362 g/mol. The maximum Gasteiger partial charge on any atom is 0.274 e. The number of nitrogens with zero attached hydrogens (tertiary/aromatic N) is 1. The summed E-state index contributed by atoms with van der Waals surface area (Å²) in [6.07, 6.45) is 2.06. The first-order chi connectivity index (χ1) is 12.9. The van der Waals surface area contributed by atoms with Crippen molar-refractivity contribution in [2.45, 2.75) is 38.2 Å². The van der Waals surface area contributed by atoms with Crippen LogP contribution < -0.4 is 4.90 Å². The van der Waals surface area contributed by atoms with Crippen LogP contribution in [0.1, 0.15) is 48.7 Å². The number of nitrogens with one attached hydrogen (secondary N) is 1. The van der Waals surface area contributed by atoms with Gasteiger partial charge in [-0.15, -0.1) is 0 Å².